The van der Waals surface area contributed by atoms with Crippen molar-refractivity contribution in [1.82, 2.24) is 14.9 Å². The van der Waals surface area contributed by atoms with Gasteiger partial charge in [0.1, 0.15) is 11.6 Å². The number of nitrogens with two attached hydrogens (primary N) is 1. The number of amides is 1. The van der Waals surface area contributed by atoms with Gasteiger partial charge < -0.3 is 15.6 Å². The van der Waals surface area contributed by atoms with Crippen LogP contribution >= 0.6 is 0 Å². The van der Waals surface area contributed by atoms with Crippen LogP contribution in [0.15, 0.2) is 6.07 Å². The number of nitrogens with one attached hydrogen (secondary N) is 2. The number of carbonyl (C=O) groups is 1. The number of aromatic nitrogens is 2. The first-order valence-corrected chi connectivity index (χ1v) is 6.34. The SMILES string of the molecule is NNc1cc(NCC(=O)N2CCCC2)nc(C(F)(F)F)n1. The fourth-order valence-corrected chi connectivity index (χ4v) is 1.98. The number of likely N-dealkylation sites (tertiary alicyclic amines) is 1. The van der Waals surface area contributed by atoms with E-state index in [1.165, 1.54) is 6.07 Å². The number of rotatable bonds is 4. The molecule has 0 unspecified atom stereocenters. The lowest BCUT2D eigenvalue weighted by molar-refractivity contribution is -0.144. The molecule has 2 heterocycles. The van der Waals surface area contributed by atoms with Gasteiger partial charge in [-0.15, -0.1) is 0 Å². The van der Waals surface area contributed by atoms with E-state index in [2.05, 4.69) is 15.3 Å². The zero-order chi connectivity index (χ0) is 15.5. The van der Waals surface area contributed by atoms with Crippen molar-refractivity contribution in [3.05, 3.63) is 11.9 Å². The summed E-state index contributed by atoms with van der Waals surface area (Å²) in [5, 5.41) is 2.57. The zero-order valence-corrected chi connectivity index (χ0v) is 11.1. The molecule has 21 heavy (non-hydrogen) atoms. The summed E-state index contributed by atoms with van der Waals surface area (Å²) in [4.78, 5) is 20.0. The van der Waals surface area contributed by atoms with Gasteiger partial charge in [-0.2, -0.15) is 13.2 Å². The molecule has 10 heteroatoms. The normalized spacial score (nSPS) is 15.1. The smallest absolute Gasteiger partial charge is 0.361 e. The third-order valence-electron chi connectivity index (χ3n) is 3.01. The third-order valence-corrected chi connectivity index (χ3v) is 3.01. The van der Waals surface area contributed by atoms with Gasteiger partial charge in [0.25, 0.3) is 0 Å². The Bertz CT molecular complexity index is 515. The van der Waals surface area contributed by atoms with Crippen LogP contribution in [0.1, 0.15) is 18.7 Å². The summed E-state index contributed by atoms with van der Waals surface area (Å²) in [7, 11) is 0. The number of hydrazine groups is 1. The molecule has 0 bridgehead atoms. The summed E-state index contributed by atoms with van der Waals surface area (Å²) in [6, 6.07) is 1.20. The van der Waals surface area contributed by atoms with Crippen LogP contribution in [-0.2, 0) is 11.0 Å². The van der Waals surface area contributed by atoms with Crippen LogP contribution in [-0.4, -0.2) is 40.4 Å². The summed E-state index contributed by atoms with van der Waals surface area (Å²) >= 11 is 0. The van der Waals surface area contributed by atoms with Crippen LogP contribution < -0.4 is 16.6 Å². The second-order valence-corrected chi connectivity index (χ2v) is 4.55. The first-order valence-electron chi connectivity index (χ1n) is 6.34. The van der Waals surface area contributed by atoms with Gasteiger partial charge >= 0.3 is 6.18 Å². The summed E-state index contributed by atoms with van der Waals surface area (Å²) in [6.07, 6.45) is -2.81. The Hall–Kier alpha value is -2.10. The molecule has 1 amide bonds. The van der Waals surface area contributed by atoms with E-state index in [0.717, 1.165) is 12.8 Å². The van der Waals surface area contributed by atoms with E-state index in [1.54, 1.807) is 4.90 Å². The maximum absolute atomic E-state index is 12.6. The molecule has 0 spiro atoms. The lowest BCUT2D eigenvalue weighted by Crippen LogP contribution is -2.33. The van der Waals surface area contributed by atoms with Crippen LogP contribution in [0.4, 0.5) is 24.8 Å². The number of nitrogens with zero attached hydrogens (tertiary/aromatic N) is 3. The van der Waals surface area contributed by atoms with Gasteiger partial charge in [0.2, 0.25) is 11.7 Å². The van der Waals surface area contributed by atoms with Crippen LogP contribution in [0, 0.1) is 0 Å². The Kier molecular flexibility index (Phi) is 4.46. The predicted octanol–water partition coefficient (Wildman–Crippen LogP) is 0.815. The Morgan fingerprint density at radius 2 is 1.90 bits per heavy atom. The van der Waals surface area contributed by atoms with Crippen LogP contribution in [0.5, 0.6) is 0 Å². The maximum Gasteiger partial charge on any atom is 0.451 e. The van der Waals surface area contributed by atoms with Crippen LogP contribution in [0.2, 0.25) is 0 Å². The molecule has 1 aliphatic heterocycles. The van der Waals surface area contributed by atoms with E-state index in [1.807, 2.05) is 5.43 Å². The van der Waals surface area contributed by atoms with E-state index in [4.69, 9.17) is 5.84 Å². The fourth-order valence-electron chi connectivity index (χ4n) is 1.98. The van der Waals surface area contributed by atoms with Gasteiger partial charge in [0.05, 0.1) is 6.54 Å². The zero-order valence-electron chi connectivity index (χ0n) is 11.1. The van der Waals surface area contributed by atoms with Crippen molar-refractivity contribution in [2.45, 2.75) is 19.0 Å². The molecular formula is C11H15F3N6O. The highest BCUT2D eigenvalue weighted by Crippen LogP contribution is 2.28. The minimum Gasteiger partial charge on any atom is -0.361 e. The second kappa shape index (κ2) is 6.12. The van der Waals surface area contributed by atoms with Gasteiger partial charge in [0.15, 0.2) is 0 Å². The number of hydrogen-bond donors (Lipinski definition) is 3. The minimum absolute atomic E-state index is 0.113. The first kappa shape index (κ1) is 15.3. The molecule has 1 aromatic heterocycles. The van der Waals surface area contributed by atoms with E-state index < -0.39 is 12.0 Å². The van der Waals surface area contributed by atoms with Crippen molar-refractivity contribution >= 4 is 17.5 Å². The number of carbonyl (C=O) groups excluding carboxylic acids is 1. The minimum atomic E-state index is -4.69. The molecule has 4 N–H and O–H groups in total. The number of alkyl halides is 3. The number of nitrogen functional groups attached to an aromatic ring is 1. The molecule has 0 radical (unpaired) electrons. The highest BCUT2D eigenvalue weighted by molar-refractivity contribution is 5.80. The lowest BCUT2D eigenvalue weighted by Gasteiger charge is -2.16. The van der Waals surface area contributed by atoms with Crippen molar-refractivity contribution in [3.8, 4) is 0 Å². The molecule has 116 valence electrons. The lowest BCUT2D eigenvalue weighted by atomic mass is 10.4. The van der Waals surface area contributed by atoms with Crippen molar-refractivity contribution in [3.63, 3.8) is 0 Å². The Balaban J connectivity index is 2.06. The maximum atomic E-state index is 12.6. The fraction of sp³-hybridized carbons (Fsp3) is 0.545. The second-order valence-electron chi connectivity index (χ2n) is 4.55. The molecule has 0 atom stereocenters. The average Bonchev–Trinajstić information content (AvgIpc) is 2.97. The van der Waals surface area contributed by atoms with Crippen molar-refractivity contribution in [2.24, 2.45) is 5.84 Å². The van der Waals surface area contributed by atoms with Crippen LogP contribution in [0.25, 0.3) is 0 Å². The standard InChI is InChI=1S/C11H15F3N6O/c12-11(13,14)10-17-7(5-8(18-10)19-15)16-6-9(21)20-3-1-2-4-20/h5H,1-4,6,15H2,(H2,16,17,18,19). The molecule has 1 aliphatic rings. The van der Waals surface area contributed by atoms with E-state index >= 15 is 0 Å². The third kappa shape index (κ3) is 3.94. The summed E-state index contributed by atoms with van der Waals surface area (Å²) in [5.41, 5.74) is 2.04. The number of anilines is 2. The van der Waals surface area contributed by atoms with Gasteiger partial charge in [-0.05, 0) is 12.8 Å². The molecule has 1 fully saturated rings. The molecule has 1 aromatic rings. The highest BCUT2D eigenvalue weighted by Gasteiger charge is 2.35. The summed E-state index contributed by atoms with van der Waals surface area (Å²) < 4.78 is 37.9. The topological polar surface area (TPSA) is 96.2 Å². The molecule has 0 aliphatic carbocycles. The Morgan fingerprint density at radius 1 is 1.29 bits per heavy atom. The Labute approximate surface area is 118 Å². The molecular weight excluding hydrogens is 289 g/mol. The van der Waals surface area contributed by atoms with Crippen molar-refractivity contribution in [2.75, 3.05) is 30.4 Å². The largest absolute Gasteiger partial charge is 0.451 e. The Morgan fingerprint density at radius 3 is 2.48 bits per heavy atom. The molecule has 0 aromatic carbocycles. The molecule has 7 nitrogen and oxygen atoms in total. The van der Waals surface area contributed by atoms with Crippen molar-refractivity contribution in [1.29, 1.82) is 0 Å². The van der Waals surface area contributed by atoms with Gasteiger partial charge in [-0.3, -0.25) is 4.79 Å². The van der Waals surface area contributed by atoms with Gasteiger partial charge in [0, 0.05) is 19.2 Å². The van der Waals surface area contributed by atoms with Gasteiger partial charge in [-0.25, -0.2) is 15.8 Å². The molecule has 2 rings (SSSR count). The van der Waals surface area contributed by atoms with Crippen LogP contribution in [0.3, 0.4) is 0 Å². The van der Waals surface area contributed by atoms with Crippen molar-refractivity contribution < 1.29 is 18.0 Å². The first-order chi connectivity index (χ1) is 9.90. The predicted molar refractivity (Wildman–Crippen MR) is 69.1 cm³/mol. The van der Waals surface area contributed by atoms with Gasteiger partial charge in [-0.1, -0.05) is 0 Å². The summed E-state index contributed by atoms with van der Waals surface area (Å²) in [6.45, 7) is 1.22. The number of hydrogen-bond acceptors (Lipinski definition) is 6. The summed E-state index contributed by atoms with van der Waals surface area (Å²) in [5.74, 6) is 3.27. The monoisotopic (exact) mass is 304 g/mol. The quantitative estimate of drug-likeness (QED) is 0.563. The highest BCUT2D eigenvalue weighted by atomic mass is 19.4. The van der Waals surface area contributed by atoms with E-state index in [0.29, 0.717) is 13.1 Å². The van der Waals surface area contributed by atoms with E-state index in [-0.39, 0.29) is 24.1 Å². The van der Waals surface area contributed by atoms with E-state index in [9.17, 15) is 18.0 Å². The molecule has 0 saturated carbocycles. The molecule has 1 saturated heterocycles. The average molecular weight is 304 g/mol. The number of halogens is 3.